The molecule has 0 amide bonds. The lowest BCUT2D eigenvalue weighted by Gasteiger charge is -2.33. The standard InChI is InChI=1S/C9H12ClF3O2/c10-7-2-1-6(9(11,12)13)3-5(7)4-8(14)15/h5-7H,1-4H2,(H,14,15). The van der Waals surface area contributed by atoms with Crippen molar-refractivity contribution in [3.05, 3.63) is 0 Å². The number of carboxylic acids is 1. The Labute approximate surface area is 90.4 Å². The van der Waals surface area contributed by atoms with Crippen molar-refractivity contribution >= 4 is 17.6 Å². The molecule has 1 fully saturated rings. The fraction of sp³-hybridized carbons (Fsp3) is 0.889. The third-order valence-electron chi connectivity index (χ3n) is 2.79. The molecule has 15 heavy (non-hydrogen) atoms. The number of carbonyl (C=O) groups is 1. The Balaban J connectivity index is 2.60. The molecule has 3 unspecified atom stereocenters. The van der Waals surface area contributed by atoms with E-state index >= 15 is 0 Å². The van der Waals surface area contributed by atoms with Crippen LogP contribution in [0.15, 0.2) is 0 Å². The number of rotatable bonds is 2. The van der Waals surface area contributed by atoms with E-state index in [9.17, 15) is 18.0 Å². The molecule has 1 N–H and O–H groups in total. The molecule has 0 aromatic heterocycles. The average Bonchev–Trinajstić information content (AvgIpc) is 2.06. The molecule has 0 spiro atoms. The zero-order valence-corrected chi connectivity index (χ0v) is 8.68. The summed E-state index contributed by atoms with van der Waals surface area (Å²) in [6.45, 7) is 0. The second-order valence-electron chi connectivity index (χ2n) is 3.93. The van der Waals surface area contributed by atoms with Gasteiger partial charge in [-0.2, -0.15) is 13.2 Å². The lowest BCUT2D eigenvalue weighted by molar-refractivity contribution is -0.186. The van der Waals surface area contributed by atoms with Crippen molar-refractivity contribution in [2.45, 2.75) is 37.2 Å². The molecule has 0 aromatic rings. The van der Waals surface area contributed by atoms with Crippen LogP contribution in [0.2, 0.25) is 0 Å². The summed E-state index contributed by atoms with van der Waals surface area (Å²) in [7, 11) is 0. The van der Waals surface area contributed by atoms with Gasteiger partial charge in [-0.15, -0.1) is 11.6 Å². The van der Waals surface area contributed by atoms with Crippen LogP contribution in [0.5, 0.6) is 0 Å². The zero-order valence-electron chi connectivity index (χ0n) is 7.93. The summed E-state index contributed by atoms with van der Waals surface area (Å²) < 4.78 is 37.2. The number of halogens is 4. The Morgan fingerprint density at radius 2 is 2.00 bits per heavy atom. The predicted molar refractivity (Wildman–Crippen MR) is 48.8 cm³/mol. The van der Waals surface area contributed by atoms with E-state index in [0.29, 0.717) is 0 Å². The van der Waals surface area contributed by atoms with Gasteiger partial charge >= 0.3 is 12.1 Å². The van der Waals surface area contributed by atoms with Crippen LogP contribution in [-0.2, 0) is 4.79 Å². The summed E-state index contributed by atoms with van der Waals surface area (Å²) in [4.78, 5) is 10.4. The molecule has 1 aliphatic carbocycles. The lowest BCUT2D eigenvalue weighted by Crippen LogP contribution is -2.34. The first-order valence-corrected chi connectivity index (χ1v) is 5.17. The van der Waals surface area contributed by atoms with Crippen molar-refractivity contribution in [1.82, 2.24) is 0 Å². The summed E-state index contributed by atoms with van der Waals surface area (Å²) in [6, 6.07) is 0. The third kappa shape index (κ3) is 3.55. The molecule has 0 heterocycles. The molecule has 1 rings (SSSR count). The Hall–Kier alpha value is -0.450. The molecule has 0 saturated heterocycles. The molecule has 0 aliphatic heterocycles. The van der Waals surface area contributed by atoms with Gasteiger partial charge in [0.25, 0.3) is 0 Å². The van der Waals surface area contributed by atoms with Gasteiger partial charge in [-0.05, 0) is 25.2 Å². The van der Waals surface area contributed by atoms with Gasteiger partial charge in [-0.25, -0.2) is 0 Å². The molecular formula is C9H12ClF3O2. The first-order valence-electron chi connectivity index (χ1n) is 4.73. The maximum Gasteiger partial charge on any atom is 0.391 e. The number of alkyl halides is 4. The normalized spacial score (nSPS) is 32.7. The number of aliphatic carboxylic acids is 1. The van der Waals surface area contributed by atoms with Gasteiger partial charge in [-0.1, -0.05) is 0 Å². The van der Waals surface area contributed by atoms with Gasteiger partial charge in [-0.3, -0.25) is 4.79 Å². The first-order chi connectivity index (χ1) is 6.80. The monoisotopic (exact) mass is 244 g/mol. The molecule has 88 valence electrons. The SMILES string of the molecule is O=C(O)CC1CC(C(F)(F)F)CCC1Cl. The molecule has 0 aromatic carbocycles. The summed E-state index contributed by atoms with van der Waals surface area (Å²) in [5.41, 5.74) is 0. The predicted octanol–water partition coefficient (Wildman–Crippen LogP) is 3.05. The van der Waals surface area contributed by atoms with E-state index in [4.69, 9.17) is 16.7 Å². The van der Waals surface area contributed by atoms with Gasteiger partial charge < -0.3 is 5.11 Å². The van der Waals surface area contributed by atoms with Crippen LogP contribution in [0.3, 0.4) is 0 Å². The lowest BCUT2D eigenvalue weighted by atomic mass is 9.79. The third-order valence-corrected chi connectivity index (χ3v) is 3.36. The highest BCUT2D eigenvalue weighted by Gasteiger charge is 2.44. The zero-order chi connectivity index (χ0) is 11.6. The Morgan fingerprint density at radius 1 is 1.40 bits per heavy atom. The van der Waals surface area contributed by atoms with Crippen LogP contribution in [-0.4, -0.2) is 22.6 Å². The number of carboxylic acid groups (broad SMARTS) is 1. The summed E-state index contributed by atoms with van der Waals surface area (Å²) in [6.07, 6.45) is -4.42. The van der Waals surface area contributed by atoms with Gasteiger partial charge in [0, 0.05) is 11.8 Å². The maximum absolute atomic E-state index is 12.4. The van der Waals surface area contributed by atoms with Crippen molar-refractivity contribution < 1.29 is 23.1 Å². The number of hydrogen-bond acceptors (Lipinski definition) is 1. The average molecular weight is 245 g/mol. The smallest absolute Gasteiger partial charge is 0.391 e. The van der Waals surface area contributed by atoms with E-state index in [1.807, 2.05) is 0 Å². The van der Waals surface area contributed by atoms with Gasteiger partial charge in [0.05, 0.1) is 5.92 Å². The largest absolute Gasteiger partial charge is 0.481 e. The van der Waals surface area contributed by atoms with Crippen LogP contribution in [0.1, 0.15) is 25.7 Å². The van der Waals surface area contributed by atoms with E-state index in [2.05, 4.69) is 0 Å². The van der Waals surface area contributed by atoms with Gasteiger partial charge in [0.2, 0.25) is 0 Å². The highest BCUT2D eigenvalue weighted by Crippen LogP contribution is 2.42. The minimum Gasteiger partial charge on any atom is -0.481 e. The first kappa shape index (κ1) is 12.6. The molecule has 0 bridgehead atoms. The van der Waals surface area contributed by atoms with Crippen molar-refractivity contribution in [3.8, 4) is 0 Å². The highest BCUT2D eigenvalue weighted by atomic mass is 35.5. The van der Waals surface area contributed by atoms with Crippen LogP contribution in [0, 0.1) is 11.8 Å². The second-order valence-corrected chi connectivity index (χ2v) is 4.49. The Bertz CT molecular complexity index is 242. The van der Waals surface area contributed by atoms with Crippen molar-refractivity contribution in [2.24, 2.45) is 11.8 Å². The highest BCUT2D eigenvalue weighted by molar-refractivity contribution is 6.20. The molecule has 2 nitrogen and oxygen atoms in total. The molecule has 1 aliphatic rings. The summed E-state index contributed by atoms with van der Waals surface area (Å²) >= 11 is 5.81. The molecule has 1 saturated carbocycles. The fourth-order valence-corrected chi connectivity index (χ4v) is 2.28. The van der Waals surface area contributed by atoms with Crippen LogP contribution in [0.4, 0.5) is 13.2 Å². The quantitative estimate of drug-likeness (QED) is 0.758. The van der Waals surface area contributed by atoms with E-state index in [-0.39, 0.29) is 25.7 Å². The Kier molecular flexibility index (Phi) is 3.87. The fourth-order valence-electron chi connectivity index (χ4n) is 1.96. The van der Waals surface area contributed by atoms with Gasteiger partial charge in [0.15, 0.2) is 0 Å². The Morgan fingerprint density at radius 3 is 2.47 bits per heavy atom. The van der Waals surface area contributed by atoms with Crippen LogP contribution >= 0.6 is 11.6 Å². The molecule has 6 heteroatoms. The molecule has 0 radical (unpaired) electrons. The summed E-state index contributed by atoms with van der Waals surface area (Å²) in [5.74, 6) is -3.05. The van der Waals surface area contributed by atoms with E-state index in [1.54, 1.807) is 0 Å². The summed E-state index contributed by atoms with van der Waals surface area (Å²) in [5, 5.41) is 8.09. The van der Waals surface area contributed by atoms with E-state index in [0.717, 1.165) is 0 Å². The molecule has 3 atom stereocenters. The molecular weight excluding hydrogens is 233 g/mol. The van der Waals surface area contributed by atoms with Crippen molar-refractivity contribution in [3.63, 3.8) is 0 Å². The maximum atomic E-state index is 12.4. The second kappa shape index (κ2) is 4.60. The van der Waals surface area contributed by atoms with Crippen LogP contribution in [0.25, 0.3) is 0 Å². The topological polar surface area (TPSA) is 37.3 Å². The van der Waals surface area contributed by atoms with Crippen molar-refractivity contribution in [2.75, 3.05) is 0 Å². The van der Waals surface area contributed by atoms with E-state index in [1.165, 1.54) is 0 Å². The number of hydrogen-bond donors (Lipinski definition) is 1. The van der Waals surface area contributed by atoms with Gasteiger partial charge in [0.1, 0.15) is 0 Å². The van der Waals surface area contributed by atoms with E-state index < -0.39 is 29.4 Å². The van der Waals surface area contributed by atoms with Crippen molar-refractivity contribution in [1.29, 1.82) is 0 Å². The minimum absolute atomic E-state index is 0.00772. The minimum atomic E-state index is -4.23. The van der Waals surface area contributed by atoms with Crippen LogP contribution < -0.4 is 0 Å².